The molecule has 7 heteroatoms. The average Bonchev–Trinajstić information content (AvgIpc) is 3.19. The number of benzene rings is 1. The van der Waals surface area contributed by atoms with Gasteiger partial charge in [-0.1, -0.05) is 29.3 Å². The molecule has 0 saturated heterocycles. The van der Waals surface area contributed by atoms with E-state index in [0.717, 1.165) is 24.8 Å². The topological polar surface area (TPSA) is 62.2 Å². The number of carbonyl (C=O) groups excluding carboxylic acids is 1. The molecule has 1 aliphatic rings. The summed E-state index contributed by atoms with van der Waals surface area (Å²) >= 11 is 13.5. The van der Waals surface area contributed by atoms with Crippen LogP contribution in [0.25, 0.3) is 0 Å². The van der Waals surface area contributed by atoms with E-state index < -0.39 is 0 Å². The van der Waals surface area contributed by atoms with Crippen molar-refractivity contribution in [3.63, 3.8) is 0 Å². The van der Waals surface area contributed by atoms with Gasteiger partial charge < -0.3 is 10.4 Å². The minimum Gasteiger partial charge on any atom is -0.393 e. The van der Waals surface area contributed by atoms with E-state index in [1.165, 1.54) is 11.3 Å². The second kappa shape index (κ2) is 7.83. The molecule has 1 amide bonds. The summed E-state index contributed by atoms with van der Waals surface area (Å²) in [6, 6.07) is 5.31. The fourth-order valence-electron chi connectivity index (χ4n) is 3.20. The highest BCUT2D eigenvalue weighted by molar-refractivity contribution is 7.13. The van der Waals surface area contributed by atoms with Gasteiger partial charge >= 0.3 is 0 Å². The molecule has 1 aromatic heterocycles. The maximum Gasteiger partial charge on any atom is 0.233 e. The molecular weight excluding hydrogens is 367 g/mol. The summed E-state index contributed by atoms with van der Waals surface area (Å²) in [5, 5.41) is 15.9. The molecule has 1 aromatic carbocycles. The molecule has 0 spiro atoms. The number of thiazole rings is 1. The van der Waals surface area contributed by atoms with Gasteiger partial charge in [-0.25, -0.2) is 4.98 Å². The average molecular weight is 385 g/mol. The maximum atomic E-state index is 12.8. The lowest BCUT2D eigenvalue weighted by Gasteiger charge is -2.20. The Hall–Kier alpha value is -1.14. The van der Waals surface area contributed by atoms with E-state index >= 15 is 0 Å². The van der Waals surface area contributed by atoms with Gasteiger partial charge in [0.2, 0.25) is 5.91 Å². The van der Waals surface area contributed by atoms with Crippen LogP contribution in [0.5, 0.6) is 0 Å². The van der Waals surface area contributed by atoms with Crippen molar-refractivity contribution in [1.82, 2.24) is 4.98 Å². The molecule has 3 atom stereocenters. The van der Waals surface area contributed by atoms with Crippen LogP contribution in [0.1, 0.15) is 37.2 Å². The minimum atomic E-state index is -0.348. The van der Waals surface area contributed by atoms with E-state index in [9.17, 15) is 9.90 Å². The largest absolute Gasteiger partial charge is 0.393 e. The Morgan fingerprint density at radius 3 is 2.83 bits per heavy atom. The van der Waals surface area contributed by atoms with Gasteiger partial charge in [0.1, 0.15) is 0 Å². The molecule has 2 N–H and O–H groups in total. The van der Waals surface area contributed by atoms with E-state index in [2.05, 4.69) is 10.3 Å². The molecule has 0 bridgehead atoms. The first kappa shape index (κ1) is 17.7. The number of nitrogens with one attached hydrogen (secondary N) is 1. The summed E-state index contributed by atoms with van der Waals surface area (Å²) in [6.45, 7) is 0. The summed E-state index contributed by atoms with van der Waals surface area (Å²) in [7, 11) is 0. The number of hydrogen-bond acceptors (Lipinski definition) is 4. The van der Waals surface area contributed by atoms with Gasteiger partial charge in [-0.05, 0) is 49.3 Å². The molecule has 4 nitrogen and oxygen atoms in total. The zero-order chi connectivity index (χ0) is 17.1. The highest BCUT2D eigenvalue weighted by Crippen LogP contribution is 2.36. The maximum absolute atomic E-state index is 12.8. The number of anilines is 1. The van der Waals surface area contributed by atoms with Crippen LogP contribution in [-0.2, 0) is 4.79 Å². The van der Waals surface area contributed by atoms with E-state index in [-0.39, 0.29) is 17.9 Å². The lowest BCUT2D eigenvalue weighted by atomic mass is 9.87. The van der Waals surface area contributed by atoms with Gasteiger partial charge in [0, 0.05) is 11.6 Å². The first-order chi connectivity index (χ1) is 11.5. The van der Waals surface area contributed by atoms with Crippen LogP contribution in [0, 0.1) is 5.92 Å². The van der Waals surface area contributed by atoms with Crippen molar-refractivity contribution < 1.29 is 9.90 Å². The Labute approximate surface area is 154 Å². The van der Waals surface area contributed by atoms with Crippen LogP contribution in [0.3, 0.4) is 0 Å². The van der Waals surface area contributed by atoms with Crippen molar-refractivity contribution in [2.75, 3.05) is 5.32 Å². The normalized spacial score (nSPS) is 21.6. The molecule has 1 fully saturated rings. The number of halogens is 2. The summed E-state index contributed by atoms with van der Waals surface area (Å²) in [4.78, 5) is 16.9. The van der Waals surface area contributed by atoms with Gasteiger partial charge in [-0.3, -0.25) is 4.79 Å². The molecule has 0 aliphatic heterocycles. The quantitative estimate of drug-likeness (QED) is 0.783. The first-order valence-electron chi connectivity index (χ1n) is 7.86. The monoisotopic (exact) mass is 384 g/mol. The lowest BCUT2D eigenvalue weighted by Crippen LogP contribution is -2.23. The highest BCUT2D eigenvalue weighted by atomic mass is 35.5. The highest BCUT2D eigenvalue weighted by Gasteiger charge is 2.30. The fourth-order valence-corrected chi connectivity index (χ4v) is 4.04. The van der Waals surface area contributed by atoms with Crippen LogP contribution in [0.2, 0.25) is 10.0 Å². The number of aliphatic hydroxyl groups is 1. The number of aromatic nitrogens is 1. The molecular formula is C17H18Cl2N2O2S. The fraction of sp³-hybridized carbons (Fsp3) is 0.412. The number of rotatable bonds is 5. The van der Waals surface area contributed by atoms with Gasteiger partial charge in [0.05, 0.1) is 22.1 Å². The van der Waals surface area contributed by atoms with Crippen LogP contribution >= 0.6 is 34.5 Å². The Kier molecular flexibility index (Phi) is 5.76. The van der Waals surface area contributed by atoms with Crippen molar-refractivity contribution in [2.24, 2.45) is 5.92 Å². The first-order valence-corrected chi connectivity index (χ1v) is 9.50. The summed E-state index contributed by atoms with van der Waals surface area (Å²) in [5.41, 5.74) is 0.833. The number of amides is 1. The van der Waals surface area contributed by atoms with E-state index in [1.807, 2.05) is 11.4 Å². The molecule has 0 radical (unpaired) electrons. The van der Waals surface area contributed by atoms with Crippen molar-refractivity contribution in [3.8, 4) is 0 Å². The van der Waals surface area contributed by atoms with E-state index in [0.29, 0.717) is 27.5 Å². The molecule has 3 unspecified atom stereocenters. The molecule has 3 rings (SSSR count). The van der Waals surface area contributed by atoms with Crippen LogP contribution in [0.4, 0.5) is 5.13 Å². The van der Waals surface area contributed by atoms with Gasteiger partial charge in [0.15, 0.2) is 5.13 Å². The van der Waals surface area contributed by atoms with Crippen LogP contribution in [-0.4, -0.2) is 22.1 Å². The summed E-state index contributed by atoms with van der Waals surface area (Å²) in [6.07, 6.45) is 4.54. The van der Waals surface area contributed by atoms with Crippen LogP contribution in [0.15, 0.2) is 29.8 Å². The van der Waals surface area contributed by atoms with Crippen molar-refractivity contribution >= 4 is 45.6 Å². The van der Waals surface area contributed by atoms with Gasteiger partial charge in [-0.15, -0.1) is 11.3 Å². The van der Waals surface area contributed by atoms with Gasteiger partial charge in [0.25, 0.3) is 0 Å². The lowest BCUT2D eigenvalue weighted by molar-refractivity contribution is -0.118. The summed E-state index contributed by atoms with van der Waals surface area (Å²) in [5.74, 6) is -0.134. The predicted molar refractivity (Wildman–Crippen MR) is 97.9 cm³/mol. The second-order valence-electron chi connectivity index (χ2n) is 6.12. The SMILES string of the molecule is O=C(Nc1nccs1)C(CC1CCC(O)C1)c1ccc(Cl)c(Cl)c1. The number of aliphatic hydroxyl groups excluding tert-OH is 1. The predicted octanol–water partition coefficient (Wildman–Crippen LogP) is 4.72. The Morgan fingerprint density at radius 1 is 1.38 bits per heavy atom. The molecule has 1 saturated carbocycles. The van der Waals surface area contributed by atoms with Crippen molar-refractivity contribution in [1.29, 1.82) is 0 Å². The zero-order valence-corrected chi connectivity index (χ0v) is 15.2. The third kappa shape index (κ3) is 4.28. The third-order valence-corrected chi connectivity index (χ3v) is 5.84. The molecule has 1 aliphatic carbocycles. The molecule has 1 heterocycles. The zero-order valence-electron chi connectivity index (χ0n) is 12.9. The van der Waals surface area contributed by atoms with Crippen molar-refractivity contribution in [3.05, 3.63) is 45.4 Å². The molecule has 24 heavy (non-hydrogen) atoms. The smallest absolute Gasteiger partial charge is 0.233 e. The Bertz CT molecular complexity index is 709. The van der Waals surface area contributed by atoms with Gasteiger partial charge in [-0.2, -0.15) is 0 Å². The van der Waals surface area contributed by atoms with E-state index in [4.69, 9.17) is 23.2 Å². The molecule has 2 aromatic rings. The minimum absolute atomic E-state index is 0.107. The van der Waals surface area contributed by atoms with E-state index in [1.54, 1.807) is 18.3 Å². The number of nitrogens with zero attached hydrogens (tertiary/aromatic N) is 1. The Balaban J connectivity index is 1.81. The third-order valence-electron chi connectivity index (χ3n) is 4.41. The standard InChI is InChI=1S/C17H18Cl2N2O2S/c18-14-4-2-11(9-15(14)19)13(8-10-1-3-12(22)7-10)16(23)21-17-20-5-6-24-17/h2,4-6,9-10,12-13,22H,1,3,7-8H2,(H,20,21,23). The molecule has 128 valence electrons. The second-order valence-corrected chi connectivity index (χ2v) is 7.83. The number of hydrogen-bond donors (Lipinski definition) is 2. The van der Waals surface area contributed by atoms with Crippen molar-refractivity contribution in [2.45, 2.75) is 37.7 Å². The summed E-state index contributed by atoms with van der Waals surface area (Å²) < 4.78 is 0. The Morgan fingerprint density at radius 2 is 2.21 bits per heavy atom. The number of carbonyl (C=O) groups is 1. The van der Waals surface area contributed by atoms with Crippen LogP contribution < -0.4 is 5.32 Å².